The summed E-state index contributed by atoms with van der Waals surface area (Å²) in [5, 5.41) is 19.6. The number of amides is 1. The highest BCUT2D eigenvalue weighted by molar-refractivity contribution is 5.93. The van der Waals surface area contributed by atoms with Crippen molar-refractivity contribution in [2.45, 2.75) is 0 Å². The quantitative estimate of drug-likeness (QED) is 0.556. The number of hydrogen-bond acceptors (Lipinski definition) is 5. The molecule has 0 atom stereocenters. The lowest BCUT2D eigenvalue weighted by Crippen LogP contribution is -2.37. The van der Waals surface area contributed by atoms with E-state index in [1.165, 1.54) is 28.8 Å². The van der Waals surface area contributed by atoms with Crippen molar-refractivity contribution in [3.63, 3.8) is 0 Å². The topological polar surface area (TPSA) is 97.8 Å². The summed E-state index contributed by atoms with van der Waals surface area (Å²) in [6.07, 6.45) is 1.28. The number of aryl methyl sites for hydroxylation is 1. The van der Waals surface area contributed by atoms with E-state index in [4.69, 9.17) is 9.84 Å². The van der Waals surface area contributed by atoms with Crippen molar-refractivity contribution >= 4 is 11.6 Å². The first-order valence-electron chi connectivity index (χ1n) is 5.71. The highest BCUT2D eigenvalue weighted by Gasteiger charge is 2.22. The third kappa shape index (κ3) is 3.76. The van der Waals surface area contributed by atoms with E-state index in [9.17, 15) is 14.9 Å². The highest BCUT2D eigenvalue weighted by atomic mass is 16.6. The number of hydrogen-bond donors (Lipinski definition) is 1. The van der Waals surface area contributed by atoms with E-state index in [0.29, 0.717) is 13.2 Å². The van der Waals surface area contributed by atoms with Crippen molar-refractivity contribution in [3.8, 4) is 0 Å². The van der Waals surface area contributed by atoms with Gasteiger partial charge in [-0.2, -0.15) is 0 Å². The van der Waals surface area contributed by atoms with E-state index < -0.39 is 4.92 Å². The fourth-order valence-electron chi connectivity index (χ4n) is 1.66. The van der Waals surface area contributed by atoms with Crippen molar-refractivity contribution in [3.05, 3.63) is 28.1 Å². The lowest BCUT2D eigenvalue weighted by molar-refractivity contribution is -0.384. The number of aliphatic hydroxyl groups is 1. The maximum atomic E-state index is 12.2. The first kappa shape index (κ1) is 15.1. The molecule has 0 saturated carbocycles. The van der Waals surface area contributed by atoms with Gasteiger partial charge in [0.2, 0.25) is 0 Å². The first-order valence-corrected chi connectivity index (χ1v) is 5.71. The number of ether oxygens (including phenoxy) is 1. The van der Waals surface area contributed by atoms with E-state index in [-0.39, 0.29) is 30.4 Å². The van der Waals surface area contributed by atoms with Crippen LogP contribution in [0.25, 0.3) is 0 Å². The molecule has 0 bridgehead atoms. The molecule has 0 aliphatic carbocycles. The Morgan fingerprint density at radius 3 is 2.74 bits per heavy atom. The normalized spacial score (nSPS) is 10.5. The molecule has 0 fully saturated rings. The monoisotopic (exact) mass is 271 g/mol. The van der Waals surface area contributed by atoms with Gasteiger partial charge in [-0.25, -0.2) is 0 Å². The maximum absolute atomic E-state index is 12.2. The molecule has 0 aliphatic heterocycles. The molecule has 106 valence electrons. The minimum atomic E-state index is -0.553. The Balaban J connectivity index is 2.92. The summed E-state index contributed by atoms with van der Waals surface area (Å²) in [6, 6.07) is 1.22. The average molecular weight is 271 g/mol. The molecule has 0 spiro atoms. The standard InChI is InChI=1S/C11H17N3O5/c1-12-8-9(14(17)18)7-10(12)11(16)13(3-5-15)4-6-19-2/h7-8,15H,3-6H2,1-2H3. The van der Waals surface area contributed by atoms with Gasteiger partial charge in [-0.05, 0) is 0 Å². The van der Waals surface area contributed by atoms with Crippen LogP contribution in [0.5, 0.6) is 0 Å². The van der Waals surface area contributed by atoms with Gasteiger partial charge in [0.15, 0.2) is 0 Å². The van der Waals surface area contributed by atoms with Crippen molar-refractivity contribution in [1.82, 2.24) is 9.47 Å². The van der Waals surface area contributed by atoms with Crippen LogP contribution in [0.2, 0.25) is 0 Å². The smallest absolute Gasteiger partial charge is 0.287 e. The van der Waals surface area contributed by atoms with Gasteiger partial charge in [-0.1, -0.05) is 0 Å². The average Bonchev–Trinajstić information content (AvgIpc) is 2.76. The number of nitro groups is 1. The summed E-state index contributed by atoms with van der Waals surface area (Å²) in [6.45, 7) is 0.621. The van der Waals surface area contributed by atoms with E-state index in [1.54, 1.807) is 7.05 Å². The van der Waals surface area contributed by atoms with Crippen LogP contribution in [0.15, 0.2) is 12.3 Å². The Kier molecular flexibility index (Phi) is 5.46. The molecule has 8 nitrogen and oxygen atoms in total. The summed E-state index contributed by atoms with van der Waals surface area (Å²) in [4.78, 5) is 23.7. The highest BCUT2D eigenvalue weighted by Crippen LogP contribution is 2.16. The largest absolute Gasteiger partial charge is 0.395 e. The molecule has 19 heavy (non-hydrogen) atoms. The zero-order valence-corrected chi connectivity index (χ0v) is 10.9. The number of carbonyl (C=O) groups excluding carboxylic acids is 1. The van der Waals surface area contributed by atoms with Gasteiger partial charge >= 0.3 is 0 Å². The summed E-state index contributed by atoms with van der Waals surface area (Å²) >= 11 is 0. The molecule has 0 unspecified atom stereocenters. The van der Waals surface area contributed by atoms with Crippen LogP contribution in [0.3, 0.4) is 0 Å². The lowest BCUT2D eigenvalue weighted by Gasteiger charge is -2.21. The number of rotatable bonds is 7. The SMILES string of the molecule is COCCN(CCO)C(=O)c1cc([N+](=O)[O-])cn1C. The van der Waals surface area contributed by atoms with Gasteiger partial charge < -0.3 is 19.3 Å². The van der Waals surface area contributed by atoms with Gasteiger partial charge in [0.25, 0.3) is 11.6 Å². The number of aromatic nitrogens is 1. The van der Waals surface area contributed by atoms with Gasteiger partial charge in [-0.3, -0.25) is 14.9 Å². The lowest BCUT2D eigenvalue weighted by atomic mass is 10.3. The van der Waals surface area contributed by atoms with E-state index in [2.05, 4.69) is 0 Å². The number of nitrogens with zero attached hydrogens (tertiary/aromatic N) is 3. The van der Waals surface area contributed by atoms with Crippen LogP contribution in [-0.4, -0.2) is 58.8 Å². The Morgan fingerprint density at radius 2 is 2.26 bits per heavy atom. The minimum Gasteiger partial charge on any atom is -0.395 e. The van der Waals surface area contributed by atoms with Crippen LogP contribution in [-0.2, 0) is 11.8 Å². The predicted octanol–water partition coefficient (Wildman–Crippen LogP) is 0.0142. The van der Waals surface area contributed by atoms with Crippen LogP contribution >= 0.6 is 0 Å². The molecule has 1 aromatic rings. The molecule has 1 amide bonds. The second-order valence-corrected chi connectivity index (χ2v) is 3.96. The molecular weight excluding hydrogens is 254 g/mol. The van der Waals surface area contributed by atoms with Gasteiger partial charge in [-0.15, -0.1) is 0 Å². The Labute approximate surface area is 110 Å². The van der Waals surface area contributed by atoms with Crippen molar-refractivity contribution < 1.29 is 19.6 Å². The number of aliphatic hydroxyl groups excluding tert-OH is 1. The molecule has 8 heteroatoms. The van der Waals surface area contributed by atoms with Crippen molar-refractivity contribution in [2.24, 2.45) is 7.05 Å². The summed E-state index contributed by atoms with van der Waals surface area (Å²) in [7, 11) is 3.07. The fraction of sp³-hybridized carbons (Fsp3) is 0.545. The second-order valence-electron chi connectivity index (χ2n) is 3.96. The van der Waals surface area contributed by atoms with E-state index in [1.807, 2.05) is 0 Å². The minimum absolute atomic E-state index is 0.137. The molecule has 0 aromatic carbocycles. The molecule has 1 rings (SSSR count). The zero-order valence-electron chi connectivity index (χ0n) is 10.9. The molecule has 1 N–H and O–H groups in total. The van der Waals surface area contributed by atoms with Crippen molar-refractivity contribution in [1.29, 1.82) is 0 Å². The molecule has 1 aromatic heterocycles. The zero-order chi connectivity index (χ0) is 14.4. The molecular formula is C11H17N3O5. The molecule has 1 heterocycles. The van der Waals surface area contributed by atoms with Crippen LogP contribution in [0, 0.1) is 10.1 Å². The van der Waals surface area contributed by atoms with Gasteiger partial charge in [0.05, 0.1) is 24.3 Å². The van der Waals surface area contributed by atoms with E-state index >= 15 is 0 Å². The maximum Gasteiger partial charge on any atom is 0.287 e. The Bertz CT molecular complexity index is 457. The first-order chi connectivity index (χ1) is 9.01. The Hall–Kier alpha value is -1.93. The second kappa shape index (κ2) is 6.86. The number of methoxy groups -OCH3 is 1. The predicted molar refractivity (Wildman–Crippen MR) is 66.9 cm³/mol. The van der Waals surface area contributed by atoms with Crippen LogP contribution in [0.4, 0.5) is 5.69 Å². The van der Waals surface area contributed by atoms with Crippen LogP contribution < -0.4 is 0 Å². The third-order valence-electron chi connectivity index (χ3n) is 2.64. The van der Waals surface area contributed by atoms with E-state index in [0.717, 1.165) is 0 Å². The van der Waals surface area contributed by atoms with Gasteiger partial charge in [0, 0.05) is 33.3 Å². The third-order valence-corrected chi connectivity index (χ3v) is 2.64. The Morgan fingerprint density at radius 1 is 1.58 bits per heavy atom. The van der Waals surface area contributed by atoms with Crippen LogP contribution in [0.1, 0.15) is 10.5 Å². The fourth-order valence-corrected chi connectivity index (χ4v) is 1.66. The summed E-state index contributed by atoms with van der Waals surface area (Å²) in [5.74, 6) is -0.373. The van der Waals surface area contributed by atoms with Gasteiger partial charge in [0.1, 0.15) is 5.69 Å². The molecule has 0 radical (unpaired) electrons. The van der Waals surface area contributed by atoms with Crippen molar-refractivity contribution in [2.75, 3.05) is 33.4 Å². The molecule has 0 saturated heterocycles. The summed E-state index contributed by atoms with van der Waals surface area (Å²) in [5.41, 5.74) is 0.0674. The number of carbonyl (C=O) groups is 1. The summed E-state index contributed by atoms with van der Waals surface area (Å²) < 4.78 is 6.29. The molecule has 0 aliphatic rings.